The number of esters is 2. The van der Waals surface area contributed by atoms with Crippen molar-refractivity contribution in [3.8, 4) is 5.75 Å². The summed E-state index contributed by atoms with van der Waals surface area (Å²) in [6.45, 7) is 5.32. The summed E-state index contributed by atoms with van der Waals surface area (Å²) in [5.41, 5.74) is 1.30. The Morgan fingerprint density at radius 3 is 2.28 bits per heavy atom. The first-order valence-corrected chi connectivity index (χ1v) is 9.07. The zero-order valence-corrected chi connectivity index (χ0v) is 17.0. The molecule has 0 unspecified atom stereocenters. The number of hydrogen-bond donors (Lipinski definition) is 1. The van der Waals surface area contributed by atoms with E-state index in [0.29, 0.717) is 5.75 Å². The molecular weight excluding hydrogens is 374 g/mol. The van der Waals surface area contributed by atoms with Crippen molar-refractivity contribution in [3.63, 3.8) is 0 Å². The molecule has 7 heteroatoms. The number of para-hydroxylation sites is 2. The van der Waals surface area contributed by atoms with Crippen molar-refractivity contribution in [3.05, 3.63) is 59.7 Å². The second kappa shape index (κ2) is 9.73. The Labute approximate surface area is 170 Å². The fourth-order valence-corrected chi connectivity index (χ4v) is 2.60. The summed E-state index contributed by atoms with van der Waals surface area (Å²) in [7, 11) is 1.25. The van der Waals surface area contributed by atoms with Crippen LogP contribution in [0.5, 0.6) is 5.75 Å². The minimum Gasteiger partial charge on any atom is -0.482 e. The van der Waals surface area contributed by atoms with Crippen molar-refractivity contribution in [2.45, 2.75) is 26.2 Å². The standard InChI is InChI=1S/C22H25NO6/c1-22(2,3)16-10-6-8-12-18(16)28-14-20(25)29-13-19(24)23-17-11-7-5-9-15(17)21(26)27-4/h5-12H,13-14H2,1-4H3,(H,23,24). The molecule has 0 radical (unpaired) electrons. The highest BCUT2D eigenvalue weighted by molar-refractivity contribution is 6.01. The Bertz CT molecular complexity index is 885. The lowest BCUT2D eigenvalue weighted by atomic mass is 9.86. The Hall–Kier alpha value is -3.35. The first-order valence-electron chi connectivity index (χ1n) is 9.07. The van der Waals surface area contributed by atoms with Crippen LogP contribution < -0.4 is 10.1 Å². The van der Waals surface area contributed by atoms with Gasteiger partial charge in [-0.3, -0.25) is 4.79 Å². The van der Waals surface area contributed by atoms with E-state index in [4.69, 9.17) is 9.47 Å². The van der Waals surface area contributed by atoms with Gasteiger partial charge in [0.05, 0.1) is 18.4 Å². The van der Waals surface area contributed by atoms with E-state index in [-0.39, 0.29) is 23.3 Å². The van der Waals surface area contributed by atoms with Crippen LogP contribution in [0.4, 0.5) is 5.69 Å². The largest absolute Gasteiger partial charge is 0.482 e. The van der Waals surface area contributed by atoms with Gasteiger partial charge in [-0.1, -0.05) is 51.1 Å². The maximum absolute atomic E-state index is 12.1. The number of ether oxygens (including phenoxy) is 3. The smallest absolute Gasteiger partial charge is 0.344 e. The van der Waals surface area contributed by atoms with Gasteiger partial charge in [-0.15, -0.1) is 0 Å². The molecule has 0 aromatic heterocycles. The Balaban J connectivity index is 1.88. The first-order chi connectivity index (χ1) is 13.7. The van der Waals surface area contributed by atoms with Crippen molar-refractivity contribution in [1.29, 1.82) is 0 Å². The molecular formula is C22H25NO6. The van der Waals surface area contributed by atoms with E-state index in [1.807, 2.05) is 39.0 Å². The van der Waals surface area contributed by atoms with E-state index in [1.54, 1.807) is 24.3 Å². The van der Waals surface area contributed by atoms with Crippen LogP contribution in [-0.4, -0.2) is 38.2 Å². The van der Waals surface area contributed by atoms with Crippen LogP contribution in [0.15, 0.2) is 48.5 Å². The highest BCUT2D eigenvalue weighted by atomic mass is 16.6. The van der Waals surface area contributed by atoms with Crippen LogP contribution >= 0.6 is 0 Å². The molecule has 2 rings (SSSR count). The number of hydrogen-bond acceptors (Lipinski definition) is 6. The Kier molecular flexibility index (Phi) is 7.36. The topological polar surface area (TPSA) is 90.9 Å². The third-order valence-corrected chi connectivity index (χ3v) is 4.01. The Morgan fingerprint density at radius 2 is 1.59 bits per heavy atom. The summed E-state index contributed by atoms with van der Waals surface area (Å²) in [6.07, 6.45) is 0. The summed E-state index contributed by atoms with van der Waals surface area (Å²) in [5, 5.41) is 2.53. The number of rotatable bonds is 7. The summed E-state index contributed by atoms with van der Waals surface area (Å²) < 4.78 is 15.2. The van der Waals surface area contributed by atoms with Crippen molar-refractivity contribution >= 4 is 23.5 Å². The van der Waals surface area contributed by atoms with E-state index in [9.17, 15) is 14.4 Å². The van der Waals surface area contributed by atoms with Crippen molar-refractivity contribution in [2.24, 2.45) is 0 Å². The fraction of sp³-hybridized carbons (Fsp3) is 0.318. The molecule has 0 saturated carbocycles. The molecule has 0 aliphatic heterocycles. The maximum Gasteiger partial charge on any atom is 0.344 e. The third kappa shape index (κ3) is 6.34. The van der Waals surface area contributed by atoms with Crippen LogP contribution in [0.1, 0.15) is 36.7 Å². The van der Waals surface area contributed by atoms with Crippen LogP contribution in [0.3, 0.4) is 0 Å². The zero-order valence-electron chi connectivity index (χ0n) is 17.0. The first kappa shape index (κ1) is 21.9. The molecule has 2 aromatic rings. The van der Waals surface area contributed by atoms with Gasteiger partial charge in [-0.05, 0) is 29.2 Å². The number of methoxy groups -OCH3 is 1. The van der Waals surface area contributed by atoms with E-state index in [0.717, 1.165) is 5.56 Å². The van der Waals surface area contributed by atoms with Gasteiger partial charge in [0.2, 0.25) is 0 Å². The average molecular weight is 399 g/mol. The Morgan fingerprint density at radius 1 is 0.931 bits per heavy atom. The third-order valence-electron chi connectivity index (χ3n) is 4.01. The zero-order chi connectivity index (χ0) is 21.4. The molecule has 2 aromatic carbocycles. The summed E-state index contributed by atoms with van der Waals surface area (Å²) in [5.74, 6) is -1.24. The molecule has 1 N–H and O–H groups in total. The predicted molar refractivity (Wildman–Crippen MR) is 108 cm³/mol. The van der Waals surface area contributed by atoms with Crippen molar-refractivity contribution in [2.75, 3.05) is 25.6 Å². The van der Waals surface area contributed by atoms with Crippen LogP contribution in [0.2, 0.25) is 0 Å². The highest BCUT2D eigenvalue weighted by Gasteiger charge is 2.19. The van der Waals surface area contributed by atoms with Crippen molar-refractivity contribution < 1.29 is 28.6 Å². The quantitative estimate of drug-likeness (QED) is 0.718. The van der Waals surface area contributed by atoms with E-state index < -0.39 is 24.5 Å². The number of benzene rings is 2. The molecule has 0 spiro atoms. The summed E-state index contributed by atoms with van der Waals surface area (Å²) >= 11 is 0. The summed E-state index contributed by atoms with van der Waals surface area (Å²) in [4.78, 5) is 35.7. The molecule has 0 atom stereocenters. The van der Waals surface area contributed by atoms with E-state index >= 15 is 0 Å². The SMILES string of the molecule is COC(=O)c1ccccc1NC(=O)COC(=O)COc1ccccc1C(C)(C)C. The van der Waals surface area contributed by atoms with Crippen LogP contribution in [0, 0.1) is 0 Å². The lowest BCUT2D eigenvalue weighted by Crippen LogP contribution is -2.25. The van der Waals surface area contributed by atoms with Crippen molar-refractivity contribution in [1.82, 2.24) is 0 Å². The fourth-order valence-electron chi connectivity index (χ4n) is 2.60. The van der Waals surface area contributed by atoms with Gasteiger partial charge in [-0.25, -0.2) is 9.59 Å². The molecule has 0 heterocycles. The van der Waals surface area contributed by atoms with Crippen LogP contribution in [0.25, 0.3) is 0 Å². The normalized spacial score (nSPS) is 10.8. The number of nitrogens with one attached hydrogen (secondary N) is 1. The minimum absolute atomic E-state index is 0.145. The lowest BCUT2D eigenvalue weighted by Gasteiger charge is -2.22. The molecule has 0 fully saturated rings. The number of anilines is 1. The molecule has 29 heavy (non-hydrogen) atoms. The van der Waals surface area contributed by atoms with Gasteiger partial charge in [0, 0.05) is 0 Å². The van der Waals surface area contributed by atoms with E-state index in [2.05, 4.69) is 10.1 Å². The second-order valence-electron chi connectivity index (χ2n) is 7.28. The second-order valence-corrected chi connectivity index (χ2v) is 7.28. The maximum atomic E-state index is 12.1. The number of amides is 1. The van der Waals surface area contributed by atoms with Gasteiger partial charge in [0.25, 0.3) is 5.91 Å². The molecule has 7 nitrogen and oxygen atoms in total. The van der Waals surface area contributed by atoms with E-state index in [1.165, 1.54) is 13.2 Å². The number of carbonyl (C=O) groups excluding carboxylic acids is 3. The predicted octanol–water partition coefficient (Wildman–Crippen LogP) is 3.33. The van der Waals surface area contributed by atoms with Gasteiger partial charge < -0.3 is 19.5 Å². The van der Waals surface area contributed by atoms with Gasteiger partial charge in [0.15, 0.2) is 13.2 Å². The highest BCUT2D eigenvalue weighted by Crippen LogP contribution is 2.30. The molecule has 1 amide bonds. The molecule has 154 valence electrons. The number of carbonyl (C=O) groups is 3. The average Bonchev–Trinajstić information content (AvgIpc) is 2.70. The minimum atomic E-state index is -0.676. The lowest BCUT2D eigenvalue weighted by molar-refractivity contribution is -0.149. The van der Waals surface area contributed by atoms with Gasteiger partial charge in [-0.2, -0.15) is 0 Å². The van der Waals surface area contributed by atoms with Gasteiger partial charge in [0.1, 0.15) is 5.75 Å². The van der Waals surface area contributed by atoms with Gasteiger partial charge >= 0.3 is 11.9 Å². The molecule has 0 aliphatic rings. The summed E-state index contributed by atoms with van der Waals surface area (Å²) in [6, 6.07) is 13.8. The molecule has 0 bridgehead atoms. The van der Waals surface area contributed by atoms with Crippen LogP contribution in [-0.2, 0) is 24.5 Å². The molecule has 0 saturated heterocycles. The monoisotopic (exact) mass is 399 g/mol. The molecule has 0 aliphatic carbocycles.